The highest BCUT2D eigenvalue weighted by Gasteiger charge is 2.44. The first-order valence-electron chi connectivity index (χ1n) is 9.63. The first-order chi connectivity index (χ1) is 13.3. The van der Waals surface area contributed by atoms with Gasteiger partial charge in [-0.15, -0.1) is 0 Å². The van der Waals surface area contributed by atoms with Gasteiger partial charge in [-0.3, -0.25) is 9.78 Å². The van der Waals surface area contributed by atoms with Gasteiger partial charge in [-0.1, -0.05) is 30.3 Å². The smallest absolute Gasteiger partial charge is 0.233 e. The second kappa shape index (κ2) is 8.05. The van der Waals surface area contributed by atoms with E-state index in [2.05, 4.69) is 22.1 Å². The molecule has 4 rings (SSSR count). The maximum Gasteiger partial charge on any atom is 0.233 e. The lowest BCUT2D eigenvalue weighted by molar-refractivity contribution is -0.143. The summed E-state index contributed by atoms with van der Waals surface area (Å²) in [6.07, 6.45) is 8.07. The predicted molar refractivity (Wildman–Crippen MR) is 100 cm³/mol. The number of carbonyl (C=O) groups excluding carboxylic acids is 1. The summed E-state index contributed by atoms with van der Waals surface area (Å²) >= 11 is 0. The molecule has 6 heteroatoms. The number of amides is 1. The monoisotopic (exact) mass is 367 g/mol. The zero-order valence-corrected chi connectivity index (χ0v) is 15.4. The molecule has 142 valence electrons. The maximum absolute atomic E-state index is 13.5. The Labute approximate surface area is 159 Å². The summed E-state index contributed by atoms with van der Waals surface area (Å²) in [6.45, 7) is 2.68. The van der Waals surface area contributed by atoms with E-state index < -0.39 is 5.41 Å². The molecule has 2 fully saturated rings. The fourth-order valence-electron chi connectivity index (χ4n) is 4.10. The van der Waals surface area contributed by atoms with E-state index in [1.54, 1.807) is 18.6 Å². The van der Waals surface area contributed by atoms with Crippen LogP contribution in [-0.2, 0) is 14.9 Å². The molecule has 1 amide bonds. The van der Waals surface area contributed by atoms with Gasteiger partial charge in [0.05, 0.1) is 11.6 Å². The topological polar surface area (TPSA) is 64.6 Å². The number of carbonyl (C=O) groups is 1. The second-order valence-corrected chi connectivity index (χ2v) is 7.21. The van der Waals surface area contributed by atoms with Gasteiger partial charge in [-0.05, 0) is 18.4 Å². The van der Waals surface area contributed by atoms with E-state index in [1.807, 2.05) is 23.1 Å². The van der Waals surface area contributed by atoms with Crippen molar-refractivity contribution in [3.63, 3.8) is 0 Å². The zero-order chi connectivity index (χ0) is 18.5. The minimum absolute atomic E-state index is 0.0770. The van der Waals surface area contributed by atoms with Crippen molar-refractivity contribution in [2.45, 2.75) is 37.2 Å². The molecule has 0 saturated carbocycles. The summed E-state index contributed by atoms with van der Waals surface area (Å²) in [5, 5.41) is 0. The van der Waals surface area contributed by atoms with Crippen molar-refractivity contribution in [2.75, 3.05) is 26.3 Å². The highest BCUT2D eigenvalue weighted by Crippen LogP contribution is 2.37. The van der Waals surface area contributed by atoms with Gasteiger partial charge in [0.1, 0.15) is 6.10 Å². The van der Waals surface area contributed by atoms with Gasteiger partial charge in [0.2, 0.25) is 11.8 Å². The van der Waals surface area contributed by atoms with E-state index >= 15 is 0 Å². The Balaban J connectivity index is 1.44. The summed E-state index contributed by atoms with van der Waals surface area (Å²) in [6, 6.07) is 10.2. The lowest BCUT2D eigenvalue weighted by atomic mass is 9.72. The third kappa shape index (κ3) is 3.81. The molecule has 0 bridgehead atoms. The van der Waals surface area contributed by atoms with Crippen molar-refractivity contribution in [3.05, 3.63) is 54.5 Å². The molecule has 0 atom stereocenters. The molecule has 2 saturated heterocycles. The number of ether oxygens (including phenoxy) is 2. The van der Waals surface area contributed by atoms with Gasteiger partial charge < -0.3 is 14.4 Å². The van der Waals surface area contributed by atoms with Crippen LogP contribution in [0.15, 0.2) is 48.9 Å². The average Bonchev–Trinajstić information content (AvgIpc) is 2.76. The molecule has 1 aromatic carbocycles. The van der Waals surface area contributed by atoms with Crippen molar-refractivity contribution in [3.8, 4) is 5.88 Å². The number of hydrogen-bond acceptors (Lipinski definition) is 5. The van der Waals surface area contributed by atoms with Crippen LogP contribution in [0.1, 0.15) is 31.2 Å². The number of likely N-dealkylation sites (tertiary alicyclic amines) is 1. The van der Waals surface area contributed by atoms with E-state index in [1.165, 1.54) is 0 Å². The first-order valence-corrected chi connectivity index (χ1v) is 9.63. The number of aromatic nitrogens is 2. The van der Waals surface area contributed by atoms with Crippen LogP contribution in [0.3, 0.4) is 0 Å². The maximum atomic E-state index is 13.5. The summed E-state index contributed by atoms with van der Waals surface area (Å²) < 4.78 is 11.5. The summed E-state index contributed by atoms with van der Waals surface area (Å²) in [5.41, 5.74) is 0.647. The van der Waals surface area contributed by atoms with Crippen molar-refractivity contribution in [1.82, 2.24) is 14.9 Å². The Bertz CT molecular complexity index is 740. The van der Waals surface area contributed by atoms with Crippen molar-refractivity contribution in [2.24, 2.45) is 0 Å². The van der Waals surface area contributed by atoms with Gasteiger partial charge in [-0.2, -0.15) is 0 Å². The second-order valence-electron chi connectivity index (χ2n) is 7.21. The SMILES string of the molecule is O=C(N1CCC(Oc2cnccn2)CC1)C1(c2ccccc2)CCOCC1. The fraction of sp³-hybridized carbons (Fsp3) is 0.476. The molecular weight excluding hydrogens is 342 g/mol. The first kappa shape index (κ1) is 17.9. The molecule has 0 unspecified atom stereocenters. The number of benzene rings is 1. The number of piperidine rings is 1. The molecule has 1 aromatic heterocycles. The van der Waals surface area contributed by atoms with E-state index in [0.717, 1.165) is 31.2 Å². The molecule has 0 spiro atoms. The largest absolute Gasteiger partial charge is 0.473 e. The number of hydrogen-bond donors (Lipinski definition) is 0. The minimum atomic E-state index is -0.460. The normalized spacial score (nSPS) is 20.2. The molecule has 2 aromatic rings. The highest BCUT2D eigenvalue weighted by molar-refractivity contribution is 5.88. The van der Waals surface area contributed by atoms with Crippen molar-refractivity contribution in [1.29, 1.82) is 0 Å². The van der Waals surface area contributed by atoms with Crippen LogP contribution < -0.4 is 4.74 Å². The Hall–Kier alpha value is -2.47. The van der Waals surface area contributed by atoms with Crippen LogP contribution in [0.4, 0.5) is 0 Å². The van der Waals surface area contributed by atoms with E-state index in [4.69, 9.17) is 9.47 Å². The Morgan fingerprint density at radius 3 is 2.52 bits per heavy atom. The summed E-state index contributed by atoms with van der Waals surface area (Å²) in [4.78, 5) is 23.8. The predicted octanol–water partition coefficient (Wildman–Crippen LogP) is 2.59. The third-order valence-electron chi connectivity index (χ3n) is 5.64. The Kier molecular flexibility index (Phi) is 5.34. The fourth-order valence-corrected chi connectivity index (χ4v) is 4.10. The Morgan fingerprint density at radius 2 is 1.85 bits per heavy atom. The van der Waals surface area contributed by atoms with Crippen molar-refractivity contribution < 1.29 is 14.3 Å². The van der Waals surface area contributed by atoms with E-state index in [9.17, 15) is 4.79 Å². The lowest BCUT2D eigenvalue weighted by Gasteiger charge is -2.42. The molecule has 2 aliphatic heterocycles. The standard InChI is InChI=1S/C21H25N3O3/c25-20(21(8-14-26-15-9-21)17-4-2-1-3-5-17)24-12-6-18(7-13-24)27-19-16-22-10-11-23-19/h1-5,10-11,16,18H,6-9,12-15H2. The highest BCUT2D eigenvalue weighted by atomic mass is 16.5. The van der Waals surface area contributed by atoms with Crippen LogP contribution in [-0.4, -0.2) is 53.2 Å². The molecular formula is C21H25N3O3. The van der Waals surface area contributed by atoms with E-state index in [0.29, 0.717) is 32.2 Å². The van der Waals surface area contributed by atoms with Crippen LogP contribution in [0.5, 0.6) is 5.88 Å². The average molecular weight is 367 g/mol. The molecule has 2 aliphatic rings. The molecule has 0 aliphatic carbocycles. The third-order valence-corrected chi connectivity index (χ3v) is 5.64. The summed E-state index contributed by atoms with van der Waals surface area (Å²) in [5.74, 6) is 0.780. The summed E-state index contributed by atoms with van der Waals surface area (Å²) in [7, 11) is 0. The van der Waals surface area contributed by atoms with Gasteiger partial charge >= 0.3 is 0 Å². The van der Waals surface area contributed by atoms with Crippen LogP contribution in [0.2, 0.25) is 0 Å². The zero-order valence-electron chi connectivity index (χ0n) is 15.4. The number of nitrogens with zero attached hydrogens (tertiary/aromatic N) is 3. The molecule has 27 heavy (non-hydrogen) atoms. The van der Waals surface area contributed by atoms with Crippen LogP contribution >= 0.6 is 0 Å². The van der Waals surface area contributed by atoms with E-state index in [-0.39, 0.29) is 12.0 Å². The molecule has 0 N–H and O–H groups in total. The van der Waals surface area contributed by atoms with Gasteiger partial charge in [0.15, 0.2) is 0 Å². The molecule has 3 heterocycles. The van der Waals surface area contributed by atoms with Gasteiger partial charge in [0.25, 0.3) is 0 Å². The van der Waals surface area contributed by atoms with Gasteiger partial charge in [-0.25, -0.2) is 4.98 Å². The van der Waals surface area contributed by atoms with Crippen LogP contribution in [0.25, 0.3) is 0 Å². The lowest BCUT2D eigenvalue weighted by Crippen LogP contribution is -2.53. The Morgan fingerprint density at radius 1 is 1.11 bits per heavy atom. The van der Waals surface area contributed by atoms with Gasteiger partial charge in [0, 0.05) is 51.5 Å². The quantitative estimate of drug-likeness (QED) is 0.831. The minimum Gasteiger partial charge on any atom is -0.473 e. The van der Waals surface area contributed by atoms with Crippen LogP contribution in [0, 0.1) is 0 Å². The molecule has 0 radical (unpaired) electrons. The van der Waals surface area contributed by atoms with Crippen molar-refractivity contribution >= 4 is 5.91 Å². The number of rotatable bonds is 4. The molecule has 6 nitrogen and oxygen atoms in total.